The predicted molar refractivity (Wildman–Crippen MR) is 48.2 cm³/mol. The summed E-state index contributed by atoms with van der Waals surface area (Å²) in [5, 5.41) is 0. The Balaban J connectivity index is 2.94. The first-order valence-electron chi connectivity index (χ1n) is 4.00. The SMILES string of the molecule is CONC(C)c1nc(C)cc(=O)[nH]1. The van der Waals surface area contributed by atoms with E-state index in [1.807, 2.05) is 6.92 Å². The predicted octanol–water partition coefficient (Wildman–Crippen LogP) is 0.290. The van der Waals surface area contributed by atoms with Crippen LogP contribution in [-0.2, 0) is 4.84 Å². The van der Waals surface area contributed by atoms with Gasteiger partial charge >= 0.3 is 0 Å². The number of nitrogens with one attached hydrogen (secondary N) is 2. The maximum absolute atomic E-state index is 11.1. The molecule has 0 amide bonds. The maximum Gasteiger partial charge on any atom is 0.251 e. The van der Waals surface area contributed by atoms with Crippen LogP contribution in [0.25, 0.3) is 0 Å². The van der Waals surface area contributed by atoms with E-state index in [-0.39, 0.29) is 11.6 Å². The Bertz CT molecular complexity index is 334. The van der Waals surface area contributed by atoms with Crippen LogP contribution < -0.4 is 11.0 Å². The van der Waals surface area contributed by atoms with Gasteiger partial charge in [-0.2, -0.15) is 5.48 Å². The normalized spacial score (nSPS) is 12.8. The van der Waals surface area contributed by atoms with Gasteiger partial charge in [0.2, 0.25) is 0 Å². The average molecular weight is 183 g/mol. The van der Waals surface area contributed by atoms with E-state index in [2.05, 4.69) is 15.4 Å². The molecule has 0 saturated heterocycles. The number of hydroxylamine groups is 1. The molecule has 0 aliphatic rings. The summed E-state index contributed by atoms with van der Waals surface area (Å²) in [6.07, 6.45) is 0. The summed E-state index contributed by atoms with van der Waals surface area (Å²) in [6, 6.07) is 1.32. The average Bonchev–Trinajstić information content (AvgIpc) is 2.03. The molecular weight excluding hydrogens is 170 g/mol. The molecular formula is C8H13N3O2. The van der Waals surface area contributed by atoms with Crippen LogP contribution in [0.4, 0.5) is 0 Å². The lowest BCUT2D eigenvalue weighted by molar-refractivity contribution is 0.0633. The first kappa shape index (κ1) is 9.88. The van der Waals surface area contributed by atoms with Crippen molar-refractivity contribution in [2.75, 3.05) is 7.11 Å². The molecule has 1 rings (SSSR count). The molecule has 0 radical (unpaired) electrons. The molecule has 0 aromatic carbocycles. The molecule has 0 spiro atoms. The van der Waals surface area contributed by atoms with Gasteiger partial charge in [-0.1, -0.05) is 0 Å². The summed E-state index contributed by atoms with van der Waals surface area (Å²) in [7, 11) is 1.52. The van der Waals surface area contributed by atoms with E-state index < -0.39 is 0 Å². The second-order valence-electron chi connectivity index (χ2n) is 2.82. The Morgan fingerprint density at radius 3 is 2.92 bits per heavy atom. The molecule has 0 saturated carbocycles. The molecule has 0 aliphatic carbocycles. The third kappa shape index (κ3) is 2.64. The summed E-state index contributed by atoms with van der Waals surface area (Å²) >= 11 is 0. The van der Waals surface area contributed by atoms with Crippen molar-refractivity contribution in [3.05, 3.63) is 27.9 Å². The van der Waals surface area contributed by atoms with Gasteiger partial charge < -0.3 is 9.82 Å². The molecule has 5 nitrogen and oxygen atoms in total. The monoisotopic (exact) mass is 183 g/mol. The highest BCUT2D eigenvalue weighted by Gasteiger charge is 2.07. The molecule has 0 aliphatic heterocycles. The Morgan fingerprint density at radius 1 is 1.69 bits per heavy atom. The number of aromatic amines is 1. The van der Waals surface area contributed by atoms with Gasteiger partial charge in [-0.05, 0) is 13.8 Å². The van der Waals surface area contributed by atoms with Crippen molar-refractivity contribution >= 4 is 0 Å². The van der Waals surface area contributed by atoms with Crippen molar-refractivity contribution in [1.29, 1.82) is 0 Å². The van der Waals surface area contributed by atoms with Crippen molar-refractivity contribution in [2.24, 2.45) is 0 Å². The van der Waals surface area contributed by atoms with Crippen LogP contribution in [0.2, 0.25) is 0 Å². The minimum atomic E-state index is -0.146. The highest BCUT2D eigenvalue weighted by molar-refractivity contribution is 5.02. The molecule has 2 N–H and O–H groups in total. The maximum atomic E-state index is 11.1. The van der Waals surface area contributed by atoms with Gasteiger partial charge in [-0.25, -0.2) is 4.98 Å². The van der Waals surface area contributed by atoms with Gasteiger partial charge in [0.25, 0.3) is 5.56 Å². The fraction of sp³-hybridized carbons (Fsp3) is 0.500. The van der Waals surface area contributed by atoms with E-state index in [1.54, 1.807) is 6.92 Å². The number of rotatable bonds is 3. The van der Waals surface area contributed by atoms with E-state index in [1.165, 1.54) is 13.2 Å². The largest absolute Gasteiger partial charge is 0.309 e. The lowest BCUT2D eigenvalue weighted by Crippen LogP contribution is -2.22. The first-order chi connectivity index (χ1) is 6.13. The zero-order chi connectivity index (χ0) is 9.84. The smallest absolute Gasteiger partial charge is 0.251 e. The van der Waals surface area contributed by atoms with Gasteiger partial charge in [0, 0.05) is 11.8 Å². The van der Waals surface area contributed by atoms with E-state index in [4.69, 9.17) is 4.84 Å². The number of aromatic nitrogens is 2. The molecule has 0 fully saturated rings. The van der Waals surface area contributed by atoms with E-state index in [0.29, 0.717) is 11.5 Å². The second kappa shape index (κ2) is 4.15. The zero-order valence-electron chi connectivity index (χ0n) is 7.92. The Hall–Kier alpha value is -1.20. The molecule has 1 aromatic rings. The van der Waals surface area contributed by atoms with Gasteiger partial charge in [-0.15, -0.1) is 0 Å². The topological polar surface area (TPSA) is 67.0 Å². The van der Waals surface area contributed by atoms with Crippen molar-refractivity contribution < 1.29 is 4.84 Å². The van der Waals surface area contributed by atoms with Crippen LogP contribution in [0.5, 0.6) is 0 Å². The highest BCUT2D eigenvalue weighted by Crippen LogP contribution is 2.03. The third-order valence-corrected chi connectivity index (χ3v) is 1.59. The molecule has 5 heteroatoms. The highest BCUT2D eigenvalue weighted by atomic mass is 16.6. The Morgan fingerprint density at radius 2 is 2.38 bits per heavy atom. The van der Waals surface area contributed by atoms with Gasteiger partial charge in [-0.3, -0.25) is 4.79 Å². The number of nitrogens with zero attached hydrogens (tertiary/aromatic N) is 1. The van der Waals surface area contributed by atoms with Crippen molar-refractivity contribution in [1.82, 2.24) is 15.4 Å². The summed E-state index contributed by atoms with van der Waals surface area (Å²) in [6.45, 7) is 3.62. The molecule has 72 valence electrons. The number of hydrogen-bond acceptors (Lipinski definition) is 4. The summed E-state index contributed by atoms with van der Waals surface area (Å²) in [5.74, 6) is 0.576. The molecule has 0 bridgehead atoms. The van der Waals surface area contributed by atoms with Crippen LogP contribution in [0.1, 0.15) is 24.5 Å². The summed E-state index contributed by atoms with van der Waals surface area (Å²) in [4.78, 5) is 22.6. The Kier molecular flexibility index (Phi) is 3.16. The van der Waals surface area contributed by atoms with Crippen LogP contribution >= 0.6 is 0 Å². The quantitative estimate of drug-likeness (QED) is 0.661. The van der Waals surface area contributed by atoms with Gasteiger partial charge in [0.1, 0.15) is 5.82 Å². The van der Waals surface area contributed by atoms with Crippen molar-refractivity contribution in [2.45, 2.75) is 19.9 Å². The minimum absolute atomic E-state index is 0.127. The molecule has 1 unspecified atom stereocenters. The van der Waals surface area contributed by atoms with Gasteiger partial charge in [0.05, 0.1) is 13.2 Å². The van der Waals surface area contributed by atoms with E-state index >= 15 is 0 Å². The van der Waals surface area contributed by atoms with Gasteiger partial charge in [0.15, 0.2) is 0 Å². The summed E-state index contributed by atoms with van der Waals surface area (Å²) < 4.78 is 0. The Labute approximate surface area is 76.1 Å². The fourth-order valence-corrected chi connectivity index (χ4v) is 1.04. The standard InChI is InChI=1S/C8H13N3O2/c1-5-4-7(12)10-8(9-5)6(2)11-13-3/h4,6,11H,1-3H3,(H,9,10,12). The summed E-state index contributed by atoms with van der Waals surface area (Å²) in [5.41, 5.74) is 3.24. The lowest BCUT2D eigenvalue weighted by Gasteiger charge is -2.10. The number of hydrogen-bond donors (Lipinski definition) is 2. The molecule has 1 atom stereocenters. The lowest BCUT2D eigenvalue weighted by atomic mass is 10.3. The minimum Gasteiger partial charge on any atom is -0.309 e. The second-order valence-corrected chi connectivity index (χ2v) is 2.82. The van der Waals surface area contributed by atoms with E-state index in [9.17, 15) is 4.79 Å². The molecule has 1 aromatic heterocycles. The van der Waals surface area contributed by atoms with Crippen molar-refractivity contribution in [3.63, 3.8) is 0 Å². The first-order valence-corrected chi connectivity index (χ1v) is 4.00. The fourth-order valence-electron chi connectivity index (χ4n) is 1.04. The van der Waals surface area contributed by atoms with Crippen LogP contribution in [-0.4, -0.2) is 17.1 Å². The zero-order valence-corrected chi connectivity index (χ0v) is 7.92. The van der Waals surface area contributed by atoms with Crippen molar-refractivity contribution in [3.8, 4) is 0 Å². The third-order valence-electron chi connectivity index (χ3n) is 1.59. The van der Waals surface area contributed by atoms with Crippen LogP contribution in [0.3, 0.4) is 0 Å². The molecule has 13 heavy (non-hydrogen) atoms. The van der Waals surface area contributed by atoms with E-state index in [0.717, 1.165) is 0 Å². The molecule has 1 heterocycles. The van der Waals surface area contributed by atoms with Crippen LogP contribution in [0.15, 0.2) is 10.9 Å². The van der Waals surface area contributed by atoms with Crippen LogP contribution in [0, 0.1) is 6.92 Å². The number of aryl methyl sites for hydroxylation is 1. The number of H-pyrrole nitrogens is 1.